The molecule has 0 aromatic heterocycles. The third-order valence-electron chi connectivity index (χ3n) is 4.41. The van der Waals surface area contributed by atoms with E-state index in [0.29, 0.717) is 42.8 Å². The second-order valence-electron chi connectivity index (χ2n) is 6.46. The van der Waals surface area contributed by atoms with Gasteiger partial charge in [-0.3, -0.25) is 9.79 Å². The molecule has 0 bridgehead atoms. The number of carbonyl (C=O) groups is 1. The van der Waals surface area contributed by atoms with Crippen LogP contribution in [0.3, 0.4) is 0 Å². The zero-order chi connectivity index (χ0) is 19.8. The standard InChI is InChI=1S/C21H25ClN4O2/c1-2-23-21(24-11-12-28-19-10-6-4-8-17(19)22)25-14-15-13-20(27)26-18-9-5-3-7-16(15)18/h3-10,15H,2,11-14H2,1H3,(H,26,27)(H2,23,24,25). The van der Waals surface area contributed by atoms with E-state index in [1.807, 2.05) is 49.4 Å². The number of amides is 1. The summed E-state index contributed by atoms with van der Waals surface area (Å²) in [5.41, 5.74) is 2.01. The number of nitrogens with zero attached hydrogens (tertiary/aromatic N) is 1. The van der Waals surface area contributed by atoms with Crippen LogP contribution in [-0.2, 0) is 4.79 Å². The summed E-state index contributed by atoms with van der Waals surface area (Å²) in [7, 11) is 0. The van der Waals surface area contributed by atoms with Gasteiger partial charge in [0.05, 0.1) is 18.1 Å². The highest BCUT2D eigenvalue weighted by Gasteiger charge is 2.24. The summed E-state index contributed by atoms with van der Waals surface area (Å²) in [6.07, 6.45) is 0.440. The molecule has 1 amide bonds. The Labute approximate surface area is 170 Å². The second-order valence-corrected chi connectivity index (χ2v) is 6.87. The van der Waals surface area contributed by atoms with E-state index in [2.05, 4.69) is 20.9 Å². The van der Waals surface area contributed by atoms with E-state index in [1.54, 1.807) is 6.07 Å². The molecule has 0 aliphatic carbocycles. The molecule has 1 aliphatic rings. The summed E-state index contributed by atoms with van der Waals surface area (Å²) in [4.78, 5) is 16.6. The summed E-state index contributed by atoms with van der Waals surface area (Å²) in [6, 6.07) is 15.3. The lowest BCUT2D eigenvalue weighted by Crippen LogP contribution is -2.39. The molecule has 3 N–H and O–H groups in total. The van der Waals surface area contributed by atoms with Gasteiger partial charge in [0.2, 0.25) is 5.91 Å². The van der Waals surface area contributed by atoms with E-state index in [0.717, 1.165) is 17.8 Å². The average molecular weight is 401 g/mol. The molecular weight excluding hydrogens is 376 g/mol. The number of nitrogens with one attached hydrogen (secondary N) is 3. The molecule has 2 aromatic carbocycles. The van der Waals surface area contributed by atoms with Crippen LogP contribution in [-0.4, -0.2) is 38.1 Å². The van der Waals surface area contributed by atoms with Gasteiger partial charge in [-0.1, -0.05) is 41.9 Å². The zero-order valence-electron chi connectivity index (χ0n) is 15.9. The fraction of sp³-hybridized carbons (Fsp3) is 0.333. The number of benzene rings is 2. The minimum atomic E-state index is 0.0324. The summed E-state index contributed by atoms with van der Waals surface area (Å²) < 4.78 is 5.69. The molecule has 1 unspecified atom stereocenters. The molecule has 28 heavy (non-hydrogen) atoms. The SMILES string of the molecule is CCNC(=NCC1CC(=O)Nc2ccccc21)NCCOc1ccccc1Cl. The lowest BCUT2D eigenvalue weighted by atomic mass is 9.91. The van der Waals surface area contributed by atoms with E-state index in [-0.39, 0.29) is 11.8 Å². The fourth-order valence-corrected chi connectivity index (χ4v) is 3.29. The number of rotatable bonds is 7. The van der Waals surface area contributed by atoms with Crippen LogP contribution in [0, 0.1) is 0 Å². The minimum Gasteiger partial charge on any atom is -0.490 e. The van der Waals surface area contributed by atoms with Crippen molar-refractivity contribution in [2.24, 2.45) is 4.99 Å². The van der Waals surface area contributed by atoms with Crippen molar-refractivity contribution in [2.45, 2.75) is 19.3 Å². The summed E-state index contributed by atoms with van der Waals surface area (Å²) in [6.45, 7) is 4.34. The van der Waals surface area contributed by atoms with Crippen LogP contribution in [0.4, 0.5) is 5.69 Å². The maximum absolute atomic E-state index is 12.0. The molecule has 1 atom stereocenters. The first kappa shape index (κ1) is 20.0. The molecule has 3 rings (SSSR count). The predicted octanol–water partition coefficient (Wildman–Crippen LogP) is 3.40. The summed E-state index contributed by atoms with van der Waals surface area (Å²) in [5, 5.41) is 9.99. The molecule has 7 heteroatoms. The van der Waals surface area contributed by atoms with Crippen LogP contribution in [0.5, 0.6) is 5.75 Å². The minimum absolute atomic E-state index is 0.0324. The molecule has 1 aliphatic heterocycles. The number of aliphatic imine (C=N–C) groups is 1. The molecule has 148 valence electrons. The maximum atomic E-state index is 12.0. The molecule has 2 aromatic rings. The number of hydrogen-bond donors (Lipinski definition) is 3. The van der Waals surface area contributed by atoms with Gasteiger partial charge in [0.1, 0.15) is 12.4 Å². The van der Waals surface area contributed by atoms with Gasteiger partial charge >= 0.3 is 0 Å². The average Bonchev–Trinajstić information content (AvgIpc) is 2.70. The molecule has 0 spiro atoms. The number of halogens is 1. The van der Waals surface area contributed by atoms with Crippen LogP contribution in [0.15, 0.2) is 53.5 Å². The monoisotopic (exact) mass is 400 g/mol. The van der Waals surface area contributed by atoms with Gasteiger partial charge in [0.15, 0.2) is 5.96 Å². The van der Waals surface area contributed by atoms with Crippen molar-refractivity contribution >= 4 is 29.2 Å². The van der Waals surface area contributed by atoms with Crippen molar-refractivity contribution in [3.63, 3.8) is 0 Å². The van der Waals surface area contributed by atoms with Crippen LogP contribution in [0.1, 0.15) is 24.8 Å². The first-order chi connectivity index (χ1) is 13.7. The molecular formula is C21H25ClN4O2. The molecule has 1 heterocycles. The highest BCUT2D eigenvalue weighted by atomic mass is 35.5. The Bertz CT molecular complexity index is 841. The summed E-state index contributed by atoms with van der Waals surface area (Å²) in [5.74, 6) is 1.47. The highest BCUT2D eigenvalue weighted by Crippen LogP contribution is 2.32. The van der Waals surface area contributed by atoms with E-state index in [1.165, 1.54) is 0 Å². The van der Waals surface area contributed by atoms with Crippen molar-refractivity contribution in [3.8, 4) is 5.75 Å². The lowest BCUT2D eigenvalue weighted by molar-refractivity contribution is -0.116. The normalized spacial score (nSPS) is 16.1. The number of guanidine groups is 1. The van der Waals surface area contributed by atoms with Gasteiger partial charge in [-0.05, 0) is 30.7 Å². The number of fused-ring (bicyclic) bond motifs is 1. The Morgan fingerprint density at radius 2 is 2.00 bits per heavy atom. The Hall–Kier alpha value is -2.73. The Balaban J connectivity index is 1.56. The van der Waals surface area contributed by atoms with Crippen molar-refractivity contribution < 1.29 is 9.53 Å². The fourth-order valence-electron chi connectivity index (χ4n) is 3.10. The molecule has 6 nitrogen and oxygen atoms in total. The topological polar surface area (TPSA) is 74.8 Å². The van der Waals surface area contributed by atoms with Gasteiger partial charge in [0.25, 0.3) is 0 Å². The summed E-state index contributed by atoms with van der Waals surface area (Å²) >= 11 is 6.09. The smallest absolute Gasteiger partial charge is 0.225 e. The Morgan fingerprint density at radius 1 is 1.21 bits per heavy atom. The van der Waals surface area contributed by atoms with Crippen molar-refractivity contribution in [2.75, 3.05) is 31.6 Å². The number of para-hydroxylation sites is 2. The first-order valence-electron chi connectivity index (χ1n) is 9.45. The van der Waals surface area contributed by atoms with Gasteiger partial charge in [-0.15, -0.1) is 0 Å². The van der Waals surface area contributed by atoms with E-state index in [4.69, 9.17) is 16.3 Å². The molecule has 0 saturated heterocycles. The van der Waals surface area contributed by atoms with E-state index >= 15 is 0 Å². The molecule has 0 saturated carbocycles. The van der Waals surface area contributed by atoms with Gasteiger partial charge in [0, 0.05) is 24.6 Å². The molecule has 0 fully saturated rings. The first-order valence-corrected chi connectivity index (χ1v) is 9.83. The van der Waals surface area contributed by atoms with E-state index in [9.17, 15) is 4.79 Å². The van der Waals surface area contributed by atoms with Gasteiger partial charge < -0.3 is 20.7 Å². The van der Waals surface area contributed by atoms with Crippen molar-refractivity contribution in [1.29, 1.82) is 0 Å². The zero-order valence-corrected chi connectivity index (χ0v) is 16.6. The van der Waals surface area contributed by atoms with Gasteiger partial charge in [-0.25, -0.2) is 0 Å². The van der Waals surface area contributed by atoms with Crippen LogP contribution < -0.4 is 20.7 Å². The third-order valence-corrected chi connectivity index (χ3v) is 4.72. The Morgan fingerprint density at radius 3 is 2.82 bits per heavy atom. The lowest BCUT2D eigenvalue weighted by Gasteiger charge is -2.24. The predicted molar refractivity (Wildman–Crippen MR) is 113 cm³/mol. The number of carbonyl (C=O) groups excluding carboxylic acids is 1. The highest BCUT2D eigenvalue weighted by molar-refractivity contribution is 6.32. The van der Waals surface area contributed by atoms with E-state index < -0.39 is 0 Å². The van der Waals surface area contributed by atoms with Crippen molar-refractivity contribution in [1.82, 2.24) is 10.6 Å². The van der Waals surface area contributed by atoms with Crippen LogP contribution in [0.25, 0.3) is 0 Å². The van der Waals surface area contributed by atoms with Crippen LogP contribution >= 0.6 is 11.6 Å². The van der Waals surface area contributed by atoms with Crippen LogP contribution in [0.2, 0.25) is 5.02 Å². The van der Waals surface area contributed by atoms with Crippen molar-refractivity contribution in [3.05, 3.63) is 59.1 Å². The molecule has 0 radical (unpaired) electrons. The second kappa shape index (κ2) is 9.99. The quantitative estimate of drug-likeness (QED) is 0.378. The number of ether oxygens (including phenoxy) is 1. The number of anilines is 1. The largest absolute Gasteiger partial charge is 0.490 e. The number of hydrogen-bond acceptors (Lipinski definition) is 3. The van der Waals surface area contributed by atoms with Gasteiger partial charge in [-0.2, -0.15) is 0 Å². The Kier molecular flexibility index (Phi) is 7.14. The maximum Gasteiger partial charge on any atom is 0.225 e. The third kappa shape index (κ3) is 5.39.